The topological polar surface area (TPSA) is 50.1 Å². The molecule has 15 heavy (non-hydrogen) atoms. The number of halogens is 2. The minimum Gasteiger partial charge on any atom is -0.465 e. The van der Waals surface area contributed by atoms with Gasteiger partial charge >= 0.3 is 5.97 Å². The highest BCUT2D eigenvalue weighted by Crippen LogP contribution is 2.21. The Morgan fingerprint density at radius 2 is 2.33 bits per heavy atom. The first-order valence-electron chi connectivity index (χ1n) is 4.01. The summed E-state index contributed by atoms with van der Waals surface area (Å²) in [6.07, 6.45) is 0. The summed E-state index contributed by atoms with van der Waals surface area (Å²) in [4.78, 5) is 11.3. The van der Waals surface area contributed by atoms with Crippen LogP contribution < -0.4 is 0 Å². The predicted molar refractivity (Wildman–Crippen MR) is 55.1 cm³/mol. The molecule has 0 fully saturated rings. The van der Waals surface area contributed by atoms with Crippen LogP contribution in [-0.4, -0.2) is 13.1 Å². The Bertz CT molecular complexity index is 440. The standard InChI is InChI=1S/C10H7BrFNO2/c1-15-10(14)9-7(4-11)6(5-13)2-3-8(9)12/h2-3H,4H2,1H3. The van der Waals surface area contributed by atoms with Gasteiger partial charge in [-0.25, -0.2) is 9.18 Å². The lowest BCUT2D eigenvalue weighted by atomic mass is 10.0. The number of nitrogens with zero attached hydrogens (tertiary/aromatic N) is 1. The lowest BCUT2D eigenvalue weighted by molar-refractivity contribution is 0.0594. The molecule has 5 heteroatoms. The highest BCUT2D eigenvalue weighted by atomic mass is 79.9. The van der Waals surface area contributed by atoms with Crippen LogP contribution in [0.3, 0.4) is 0 Å². The van der Waals surface area contributed by atoms with Gasteiger partial charge in [-0.15, -0.1) is 0 Å². The molecule has 0 aromatic heterocycles. The van der Waals surface area contributed by atoms with Crippen LogP contribution in [0.25, 0.3) is 0 Å². The Hall–Kier alpha value is -1.41. The van der Waals surface area contributed by atoms with E-state index in [1.165, 1.54) is 13.2 Å². The van der Waals surface area contributed by atoms with Crippen molar-refractivity contribution in [3.05, 3.63) is 34.6 Å². The third kappa shape index (κ3) is 2.16. The van der Waals surface area contributed by atoms with Crippen molar-refractivity contribution in [3.8, 4) is 6.07 Å². The van der Waals surface area contributed by atoms with Crippen molar-refractivity contribution >= 4 is 21.9 Å². The van der Waals surface area contributed by atoms with Crippen LogP contribution in [0.15, 0.2) is 12.1 Å². The van der Waals surface area contributed by atoms with E-state index in [1.807, 2.05) is 6.07 Å². The van der Waals surface area contributed by atoms with E-state index in [0.29, 0.717) is 5.56 Å². The normalized spacial score (nSPS) is 9.47. The Morgan fingerprint density at radius 3 is 2.80 bits per heavy atom. The molecule has 3 nitrogen and oxygen atoms in total. The molecule has 0 aliphatic carbocycles. The van der Waals surface area contributed by atoms with Gasteiger partial charge < -0.3 is 4.74 Å². The number of hydrogen-bond acceptors (Lipinski definition) is 3. The summed E-state index contributed by atoms with van der Waals surface area (Å²) >= 11 is 3.11. The number of hydrogen-bond donors (Lipinski definition) is 0. The average molecular weight is 272 g/mol. The molecular weight excluding hydrogens is 265 g/mol. The van der Waals surface area contributed by atoms with Crippen LogP contribution in [0.4, 0.5) is 4.39 Å². The molecule has 78 valence electrons. The van der Waals surface area contributed by atoms with Gasteiger partial charge in [-0.05, 0) is 17.7 Å². The van der Waals surface area contributed by atoms with Crippen LogP contribution in [0.2, 0.25) is 0 Å². The van der Waals surface area contributed by atoms with E-state index in [-0.39, 0.29) is 16.5 Å². The van der Waals surface area contributed by atoms with E-state index in [9.17, 15) is 9.18 Å². The second kappa shape index (κ2) is 4.89. The maximum atomic E-state index is 13.4. The molecule has 1 aromatic rings. The zero-order chi connectivity index (χ0) is 11.4. The highest BCUT2D eigenvalue weighted by molar-refractivity contribution is 9.08. The zero-order valence-electron chi connectivity index (χ0n) is 7.88. The van der Waals surface area contributed by atoms with Gasteiger partial charge in [0.15, 0.2) is 0 Å². The van der Waals surface area contributed by atoms with Gasteiger partial charge in [-0.3, -0.25) is 0 Å². The van der Waals surface area contributed by atoms with Gasteiger partial charge in [-0.1, -0.05) is 15.9 Å². The van der Waals surface area contributed by atoms with Crippen LogP contribution in [0.1, 0.15) is 21.5 Å². The van der Waals surface area contributed by atoms with Crippen molar-refractivity contribution in [3.63, 3.8) is 0 Å². The van der Waals surface area contributed by atoms with Crippen molar-refractivity contribution in [2.24, 2.45) is 0 Å². The zero-order valence-corrected chi connectivity index (χ0v) is 9.47. The Morgan fingerprint density at radius 1 is 1.67 bits per heavy atom. The second-order valence-corrected chi connectivity index (χ2v) is 3.25. The number of rotatable bonds is 2. The maximum Gasteiger partial charge on any atom is 0.341 e. The Balaban J connectivity index is 3.47. The Labute approximate surface area is 94.6 Å². The average Bonchev–Trinajstić information content (AvgIpc) is 2.27. The van der Waals surface area contributed by atoms with E-state index >= 15 is 0 Å². The first-order chi connectivity index (χ1) is 7.15. The van der Waals surface area contributed by atoms with Crippen molar-refractivity contribution < 1.29 is 13.9 Å². The molecule has 0 spiro atoms. The van der Waals surface area contributed by atoms with Crippen molar-refractivity contribution in [1.82, 2.24) is 0 Å². The van der Waals surface area contributed by atoms with E-state index in [0.717, 1.165) is 6.07 Å². The minimum atomic E-state index is -0.779. The largest absolute Gasteiger partial charge is 0.465 e. The quantitative estimate of drug-likeness (QED) is 0.613. The molecular formula is C10H7BrFNO2. The van der Waals surface area contributed by atoms with Gasteiger partial charge in [0.05, 0.1) is 18.7 Å². The molecule has 0 bridgehead atoms. The van der Waals surface area contributed by atoms with Crippen LogP contribution in [0.5, 0.6) is 0 Å². The lowest BCUT2D eigenvalue weighted by Crippen LogP contribution is -2.09. The van der Waals surface area contributed by atoms with Crippen molar-refractivity contribution in [2.75, 3.05) is 7.11 Å². The molecule has 0 amide bonds. The van der Waals surface area contributed by atoms with Crippen LogP contribution in [-0.2, 0) is 10.1 Å². The summed E-state index contributed by atoms with van der Waals surface area (Å²) in [6, 6.07) is 4.30. The fraction of sp³-hybridized carbons (Fsp3) is 0.200. The van der Waals surface area contributed by atoms with Crippen LogP contribution >= 0.6 is 15.9 Å². The molecule has 0 heterocycles. The van der Waals surface area contributed by atoms with Gasteiger partial charge in [-0.2, -0.15) is 5.26 Å². The summed E-state index contributed by atoms with van der Waals surface area (Å²) in [6.45, 7) is 0. The molecule has 0 saturated carbocycles. The van der Waals surface area contributed by atoms with E-state index in [2.05, 4.69) is 20.7 Å². The molecule has 0 saturated heterocycles. The number of nitriles is 1. The molecule has 0 aliphatic rings. The number of benzene rings is 1. The van der Waals surface area contributed by atoms with Gasteiger partial charge in [0.1, 0.15) is 11.4 Å². The highest BCUT2D eigenvalue weighted by Gasteiger charge is 2.19. The van der Waals surface area contributed by atoms with E-state index in [1.54, 1.807) is 0 Å². The van der Waals surface area contributed by atoms with Gasteiger partial charge in [0.25, 0.3) is 0 Å². The first kappa shape index (κ1) is 11.7. The number of alkyl halides is 1. The summed E-state index contributed by atoms with van der Waals surface area (Å²) in [5.74, 6) is -1.46. The Kier molecular flexibility index (Phi) is 3.81. The number of esters is 1. The molecule has 0 radical (unpaired) electrons. The summed E-state index contributed by atoms with van der Waals surface area (Å²) in [5.41, 5.74) is 0.381. The van der Waals surface area contributed by atoms with Crippen molar-refractivity contribution in [1.29, 1.82) is 5.26 Å². The maximum absolute atomic E-state index is 13.4. The monoisotopic (exact) mass is 271 g/mol. The number of carbonyl (C=O) groups is 1. The molecule has 1 rings (SSSR count). The molecule has 0 unspecified atom stereocenters. The third-order valence-electron chi connectivity index (χ3n) is 1.91. The van der Waals surface area contributed by atoms with Gasteiger partial charge in [0, 0.05) is 5.33 Å². The second-order valence-electron chi connectivity index (χ2n) is 2.69. The van der Waals surface area contributed by atoms with E-state index < -0.39 is 11.8 Å². The van der Waals surface area contributed by atoms with Crippen molar-refractivity contribution in [2.45, 2.75) is 5.33 Å². The SMILES string of the molecule is COC(=O)c1c(F)ccc(C#N)c1CBr. The summed E-state index contributed by atoms with van der Waals surface area (Å²) in [5, 5.41) is 8.99. The predicted octanol–water partition coefficient (Wildman–Crippen LogP) is 2.38. The lowest BCUT2D eigenvalue weighted by Gasteiger charge is -2.07. The first-order valence-corrected chi connectivity index (χ1v) is 5.13. The fourth-order valence-electron chi connectivity index (χ4n) is 1.19. The smallest absolute Gasteiger partial charge is 0.341 e. The number of methoxy groups -OCH3 is 1. The third-order valence-corrected chi connectivity index (χ3v) is 2.47. The molecule has 0 atom stereocenters. The van der Waals surface area contributed by atoms with Crippen LogP contribution in [0, 0.1) is 17.1 Å². The molecule has 1 aromatic carbocycles. The molecule has 0 N–H and O–H groups in total. The van der Waals surface area contributed by atoms with E-state index in [4.69, 9.17) is 5.26 Å². The number of carbonyl (C=O) groups excluding carboxylic acids is 1. The summed E-state index contributed by atoms with van der Waals surface area (Å²) < 4.78 is 17.8. The summed E-state index contributed by atoms with van der Waals surface area (Å²) in [7, 11) is 1.17. The fourth-order valence-corrected chi connectivity index (χ4v) is 1.77. The molecule has 0 aliphatic heterocycles. The number of ether oxygens (including phenoxy) is 1. The minimum absolute atomic E-state index is 0.187. The van der Waals surface area contributed by atoms with Gasteiger partial charge in [0.2, 0.25) is 0 Å².